The lowest BCUT2D eigenvalue weighted by Gasteiger charge is -2.22. The summed E-state index contributed by atoms with van der Waals surface area (Å²) in [5, 5.41) is 12.0. The van der Waals surface area contributed by atoms with Crippen molar-refractivity contribution in [3.05, 3.63) is 30.3 Å². The van der Waals surface area contributed by atoms with Gasteiger partial charge >= 0.3 is 0 Å². The molecule has 0 bridgehead atoms. The average molecular weight is 459 g/mol. The Bertz CT molecular complexity index is 1020. The van der Waals surface area contributed by atoms with Crippen molar-refractivity contribution < 1.29 is 9.53 Å². The highest BCUT2D eigenvalue weighted by molar-refractivity contribution is 7.20. The Balaban J connectivity index is 1.72. The van der Waals surface area contributed by atoms with Crippen LogP contribution < -0.4 is 15.5 Å². The van der Waals surface area contributed by atoms with Crippen LogP contribution in [0.5, 0.6) is 0 Å². The molecule has 9 heteroatoms. The normalized spacial score (nSPS) is 11.8. The third-order valence-corrected chi connectivity index (χ3v) is 5.56. The zero-order valence-corrected chi connectivity index (χ0v) is 20.6. The molecule has 3 aromatic rings. The van der Waals surface area contributed by atoms with Crippen LogP contribution in [-0.4, -0.2) is 58.9 Å². The van der Waals surface area contributed by atoms with Gasteiger partial charge in [-0.25, -0.2) is 4.98 Å². The molecular weight excluding hydrogens is 424 g/mol. The Hall–Kier alpha value is -2.65. The van der Waals surface area contributed by atoms with Gasteiger partial charge in [0.05, 0.1) is 12.6 Å². The molecule has 0 aliphatic heterocycles. The average Bonchev–Trinajstić information content (AvgIpc) is 3.26. The highest BCUT2D eigenvalue weighted by atomic mass is 32.1. The predicted molar refractivity (Wildman–Crippen MR) is 132 cm³/mol. The summed E-state index contributed by atoms with van der Waals surface area (Å²) in [6.45, 7) is 11.8. The number of carbonyl (C=O) groups is 1. The Kier molecular flexibility index (Phi) is 7.73. The van der Waals surface area contributed by atoms with Gasteiger partial charge in [-0.1, -0.05) is 41.7 Å². The van der Waals surface area contributed by atoms with Gasteiger partial charge in [0, 0.05) is 31.3 Å². The molecule has 0 saturated carbocycles. The van der Waals surface area contributed by atoms with Crippen molar-refractivity contribution in [2.75, 3.05) is 37.0 Å². The van der Waals surface area contributed by atoms with Crippen molar-refractivity contribution in [1.29, 1.82) is 0 Å². The van der Waals surface area contributed by atoms with E-state index in [2.05, 4.69) is 31.4 Å². The van der Waals surface area contributed by atoms with Crippen molar-refractivity contribution in [1.82, 2.24) is 19.9 Å². The minimum Gasteiger partial charge on any atom is -0.379 e. The van der Waals surface area contributed by atoms with Crippen molar-refractivity contribution >= 4 is 33.2 Å². The van der Waals surface area contributed by atoms with E-state index in [9.17, 15) is 4.79 Å². The van der Waals surface area contributed by atoms with Gasteiger partial charge in [-0.05, 0) is 41.0 Å². The molecular formula is C23H34N6O2S. The monoisotopic (exact) mass is 458 g/mol. The number of imidazole rings is 1. The SMILES string of the molecule is CC(C)OCCCNC(=O)CN(C)c1nn2c(NC(C)(C)C)c(-c3ccccc3)nc2s1. The number of benzene rings is 1. The van der Waals surface area contributed by atoms with Gasteiger partial charge in [-0.3, -0.25) is 4.79 Å². The first kappa shape index (κ1) is 24.0. The smallest absolute Gasteiger partial charge is 0.239 e. The maximum absolute atomic E-state index is 12.3. The summed E-state index contributed by atoms with van der Waals surface area (Å²) in [7, 11) is 1.87. The lowest BCUT2D eigenvalue weighted by Crippen LogP contribution is -2.36. The summed E-state index contributed by atoms with van der Waals surface area (Å²) in [6, 6.07) is 10.1. The van der Waals surface area contributed by atoms with Crippen LogP contribution in [-0.2, 0) is 9.53 Å². The van der Waals surface area contributed by atoms with E-state index in [1.165, 1.54) is 11.3 Å². The predicted octanol–water partition coefficient (Wildman–Crippen LogP) is 4.04. The van der Waals surface area contributed by atoms with Crippen LogP contribution in [0.25, 0.3) is 16.2 Å². The summed E-state index contributed by atoms with van der Waals surface area (Å²) >= 11 is 1.46. The van der Waals surface area contributed by atoms with Gasteiger partial charge in [0.15, 0.2) is 5.82 Å². The van der Waals surface area contributed by atoms with Gasteiger partial charge in [0.25, 0.3) is 0 Å². The second-order valence-electron chi connectivity index (χ2n) is 9.11. The Morgan fingerprint density at radius 1 is 1.25 bits per heavy atom. The molecule has 2 aromatic heterocycles. The molecule has 0 aliphatic rings. The van der Waals surface area contributed by atoms with Crippen LogP contribution in [0.1, 0.15) is 41.0 Å². The fourth-order valence-electron chi connectivity index (χ4n) is 3.12. The number of likely N-dealkylation sites (N-methyl/N-ethyl adjacent to an activating group) is 1. The molecule has 0 atom stereocenters. The van der Waals surface area contributed by atoms with Crippen molar-refractivity contribution in [2.45, 2.75) is 52.7 Å². The van der Waals surface area contributed by atoms with Crippen LogP contribution in [0.15, 0.2) is 30.3 Å². The number of nitrogens with one attached hydrogen (secondary N) is 2. The largest absolute Gasteiger partial charge is 0.379 e. The van der Waals surface area contributed by atoms with Gasteiger partial charge in [-0.15, -0.1) is 5.10 Å². The van der Waals surface area contributed by atoms with E-state index >= 15 is 0 Å². The van der Waals surface area contributed by atoms with E-state index in [4.69, 9.17) is 14.8 Å². The molecule has 0 saturated heterocycles. The number of nitrogens with zero attached hydrogens (tertiary/aromatic N) is 4. The molecule has 2 N–H and O–H groups in total. The zero-order valence-electron chi connectivity index (χ0n) is 19.8. The number of aromatic nitrogens is 3. The summed E-state index contributed by atoms with van der Waals surface area (Å²) < 4.78 is 7.34. The molecule has 0 aliphatic carbocycles. The number of rotatable bonds is 10. The Morgan fingerprint density at radius 3 is 2.62 bits per heavy atom. The molecule has 0 radical (unpaired) electrons. The third kappa shape index (κ3) is 6.43. The fraction of sp³-hybridized carbons (Fsp3) is 0.522. The lowest BCUT2D eigenvalue weighted by molar-refractivity contribution is -0.119. The van der Waals surface area contributed by atoms with Gasteiger partial charge < -0.3 is 20.3 Å². The molecule has 0 spiro atoms. The number of fused-ring (bicyclic) bond motifs is 1. The van der Waals surface area contributed by atoms with E-state index < -0.39 is 0 Å². The maximum atomic E-state index is 12.3. The zero-order chi connectivity index (χ0) is 23.3. The molecule has 0 unspecified atom stereocenters. The fourth-order valence-corrected chi connectivity index (χ4v) is 3.98. The molecule has 3 rings (SSSR count). The Labute approximate surface area is 194 Å². The van der Waals surface area contributed by atoms with Gasteiger partial charge in [0.2, 0.25) is 16.0 Å². The first-order valence-electron chi connectivity index (χ1n) is 11.0. The number of carbonyl (C=O) groups excluding carboxylic acids is 1. The van der Waals surface area contributed by atoms with E-state index in [1.54, 1.807) is 0 Å². The highest BCUT2D eigenvalue weighted by Gasteiger charge is 2.23. The third-order valence-electron chi connectivity index (χ3n) is 4.54. The van der Waals surface area contributed by atoms with Crippen LogP contribution in [0, 0.1) is 0 Å². The lowest BCUT2D eigenvalue weighted by atomic mass is 10.1. The maximum Gasteiger partial charge on any atom is 0.239 e. The number of ether oxygens (including phenoxy) is 1. The second kappa shape index (κ2) is 10.3. The summed E-state index contributed by atoms with van der Waals surface area (Å²) in [5.41, 5.74) is 1.75. The summed E-state index contributed by atoms with van der Waals surface area (Å²) in [4.78, 5) is 19.8. The molecule has 1 aromatic carbocycles. The van der Waals surface area contributed by atoms with E-state index in [0.717, 1.165) is 33.6 Å². The molecule has 174 valence electrons. The number of hydrogen-bond donors (Lipinski definition) is 2. The van der Waals surface area contributed by atoms with Crippen molar-refractivity contribution in [3.63, 3.8) is 0 Å². The highest BCUT2D eigenvalue weighted by Crippen LogP contribution is 2.34. The minimum atomic E-state index is -0.158. The summed E-state index contributed by atoms with van der Waals surface area (Å²) in [5.74, 6) is 0.812. The quantitative estimate of drug-likeness (QED) is 0.446. The standard InChI is InChI=1S/C23H34N6O2S/c1-16(2)31-14-10-13-24-18(30)15-28(6)22-27-29-20(26-23(3,4)5)19(25-21(29)32-22)17-11-8-7-9-12-17/h7-9,11-12,16,26H,10,13-15H2,1-6H3,(H,24,30). The molecule has 2 heterocycles. The first-order chi connectivity index (χ1) is 15.1. The molecule has 1 amide bonds. The number of hydrogen-bond acceptors (Lipinski definition) is 7. The topological polar surface area (TPSA) is 83.8 Å². The van der Waals surface area contributed by atoms with Crippen LogP contribution >= 0.6 is 11.3 Å². The van der Waals surface area contributed by atoms with Crippen molar-refractivity contribution in [3.8, 4) is 11.3 Å². The van der Waals surface area contributed by atoms with E-state index in [1.807, 2.05) is 60.6 Å². The Morgan fingerprint density at radius 2 is 1.97 bits per heavy atom. The van der Waals surface area contributed by atoms with Gasteiger partial charge in [-0.2, -0.15) is 4.52 Å². The van der Waals surface area contributed by atoms with Gasteiger partial charge in [0.1, 0.15) is 5.69 Å². The van der Waals surface area contributed by atoms with Crippen LogP contribution in [0.2, 0.25) is 0 Å². The molecule has 0 fully saturated rings. The minimum absolute atomic E-state index is 0.0390. The number of anilines is 2. The second-order valence-corrected chi connectivity index (χ2v) is 10.0. The summed E-state index contributed by atoms with van der Waals surface area (Å²) in [6.07, 6.45) is 1.00. The molecule has 8 nitrogen and oxygen atoms in total. The van der Waals surface area contributed by atoms with E-state index in [0.29, 0.717) is 13.2 Å². The van der Waals surface area contributed by atoms with Crippen LogP contribution in [0.4, 0.5) is 10.9 Å². The molecule has 32 heavy (non-hydrogen) atoms. The number of amides is 1. The van der Waals surface area contributed by atoms with Crippen LogP contribution in [0.3, 0.4) is 0 Å². The van der Waals surface area contributed by atoms with E-state index in [-0.39, 0.29) is 24.1 Å². The van der Waals surface area contributed by atoms with Crippen molar-refractivity contribution in [2.24, 2.45) is 0 Å². The first-order valence-corrected chi connectivity index (χ1v) is 11.8.